The van der Waals surface area contributed by atoms with Crippen molar-refractivity contribution in [1.29, 1.82) is 0 Å². The zero-order chi connectivity index (χ0) is 26.7. The maximum Gasteiger partial charge on any atom is 0.0541 e. The molecule has 1 aliphatic heterocycles. The first kappa shape index (κ1) is 22.9. The minimum atomic E-state index is -0.268. The van der Waals surface area contributed by atoms with Crippen molar-refractivity contribution in [3.63, 3.8) is 0 Å². The highest BCUT2D eigenvalue weighted by Crippen LogP contribution is 2.54. The highest BCUT2D eigenvalue weighted by molar-refractivity contribution is 6.09. The van der Waals surface area contributed by atoms with Crippen LogP contribution in [0.5, 0.6) is 0 Å². The number of aromatic nitrogens is 1. The van der Waals surface area contributed by atoms with Crippen LogP contribution >= 0.6 is 0 Å². The first-order valence-electron chi connectivity index (χ1n) is 13.9. The highest BCUT2D eigenvalue weighted by atomic mass is 15.2. The molecule has 0 aliphatic carbocycles. The van der Waals surface area contributed by atoms with Crippen molar-refractivity contribution in [2.24, 2.45) is 0 Å². The first-order valence-corrected chi connectivity index (χ1v) is 13.9. The van der Waals surface area contributed by atoms with Gasteiger partial charge in [-0.15, -0.1) is 0 Å². The van der Waals surface area contributed by atoms with Gasteiger partial charge in [-0.25, -0.2) is 0 Å². The molecule has 6 aromatic carbocycles. The number of fused-ring (bicyclic) bond motifs is 5. The van der Waals surface area contributed by atoms with Gasteiger partial charge in [0.15, 0.2) is 0 Å². The lowest BCUT2D eigenvalue weighted by atomic mass is 9.67. The molecule has 2 heteroatoms. The van der Waals surface area contributed by atoms with Crippen molar-refractivity contribution >= 4 is 38.9 Å². The molecule has 7 aromatic rings. The largest absolute Gasteiger partial charge is 0.310 e. The van der Waals surface area contributed by atoms with E-state index >= 15 is 0 Å². The smallest absolute Gasteiger partial charge is 0.0541 e. The van der Waals surface area contributed by atoms with E-state index in [1.807, 2.05) is 0 Å². The first-order chi connectivity index (χ1) is 19.7. The second kappa shape index (κ2) is 8.72. The van der Waals surface area contributed by atoms with Crippen molar-refractivity contribution in [3.8, 4) is 5.69 Å². The minimum Gasteiger partial charge on any atom is -0.310 e. The molecule has 8 rings (SSSR count). The Morgan fingerprint density at radius 2 is 0.950 bits per heavy atom. The average molecular weight is 513 g/mol. The van der Waals surface area contributed by atoms with E-state index in [1.54, 1.807) is 0 Å². The molecule has 40 heavy (non-hydrogen) atoms. The fraction of sp³-hybridized carbons (Fsp3) is 0.0526. The molecule has 0 bridgehead atoms. The van der Waals surface area contributed by atoms with Crippen LogP contribution in [0.25, 0.3) is 27.5 Å². The van der Waals surface area contributed by atoms with Gasteiger partial charge in [0.25, 0.3) is 0 Å². The molecule has 0 atom stereocenters. The summed E-state index contributed by atoms with van der Waals surface area (Å²) in [5, 5.41) is 2.55. The van der Waals surface area contributed by atoms with Crippen molar-refractivity contribution in [3.05, 3.63) is 168 Å². The van der Waals surface area contributed by atoms with Crippen LogP contribution in [-0.4, -0.2) is 4.57 Å². The zero-order valence-electron chi connectivity index (χ0n) is 22.3. The Morgan fingerprint density at radius 1 is 0.450 bits per heavy atom. The van der Waals surface area contributed by atoms with Gasteiger partial charge < -0.3 is 9.47 Å². The quantitative estimate of drug-likeness (QED) is 0.229. The number of hydrogen-bond donors (Lipinski definition) is 0. The van der Waals surface area contributed by atoms with E-state index < -0.39 is 0 Å². The van der Waals surface area contributed by atoms with Gasteiger partial charge in [0.2, 0.25) is 0 Å². The van der Waals surface area contributed by atoms with Gasteiger partial charge in [-0.1, -0.05) is 109 Å². The fourth-order valence-corrected chi connectivity index (χ4v) is 6.79. The topological polar surface area (TPSA) is 8.17 Å². The predicted octanol–water partition coefficient (Wildman–Crippen LogP) is 9.92. The van der Waals surface area contributed by atoms with Gasteiger partial charge >= 0.3 is 0 Å². The summed E-state index contributed by atoms with van der Waals surface area (Å²) in [6, 6.07) is 55.0. The normalized spacial score (nSPS) is 13.8. The molecule has 0 fully saturated rings. The fourth-order valence-electron chi connectivity index (χ4n) is 6.79. The van der Waals surface area contributed by atoms with Crippen LogP contribution in [0.1, 0.15) is 23.6 Å². The summed E-state index contributed by atoms with van der Waals surface area (Å²) in [6.07, 6.45) is 0. The molecule has 0 saturated heterocycles. The number of rotatable bonds is 3. The molecule has 2 heterocycles. The Hall–Kier alpha value is -5.08. The monoisotopic (exact) mass is 512 g/mol. The zero-order valence-corrected chi connectivity index (χ0v) is 22.3. The van der Waals surface area contributed by atoms with Gasteiger partial charge in [0, 0.05) is 27.6 Å². The molecule has 1 aromatic heterocycles. The molecule has 0 unspecified atom stereocenters. The Morgan fingerprint density at radius 3 is 1.57 bits per heavy atom. The van der Waals surface area contributed by atoms with Gasteiger partial charge in [0.05, 0.1) is 22.4 Å². The van der Waals surface area contributed by atoms with E-state index in [1.165, 1.54) is 49.9 Å². The number of nitrogens with zero attached hydrogens (tertiary/aromatic N) is 2. The maximum absolute atomic E-state index is 2.44. The van der Waals surface area contributed by atoms with E-state index in [4.69, 9.17) is 0 Å². The summed E-state index contributed by atoms with van der Waals surface area (Å²) in [5.74, 6) is 0. The molecule has 0 N–H and O–H groups in total. The van der Waals surface area contributed by atoms with E-state index in [9.17, 15) is 0 Å². The molecule has 0 spiro atoms. The number of hydrogen-bond acceptors (Lipinski definition) is 1. The molecule has 1 aliphatic rings. The molecule has 0 radical (unpaired) electrons. The van der Waals surface area contributed by atoms with Gasteiger partial charge in [0.1, 0.15) is 0 Å². The van der Waals surface area contributed by atoms with Crippen LogP contribution in [-0.2, 0) is 5.41 Å². The summed E-state index contributed by atoms with van der Waals surface area (Å²) in [7, 11) is 0. The molecule has 0 amide bonds. The van der Waals surface area contributed by atoms with E-state index in [2.05, 4.69) is 168 Å². The second-order valence-electron chi connectivity index (χ2n) is 10.8. The van der Waals surface area contributed by atoms with Crippen LogP contribution in [0.15, 0.2) is 152 Å². The number of benzene rings is 6. The lowest BCUT2D eigenvalue weighted by Crippen LogP contribution is -2.34. The van der Waals surface area contributed by atoms with Crippen molar-refractivity contribution < 1.29 is 0 Å². The van der Waals surface area contributed by atoms with Crippen molar-refractivity contribution in [2.75, 3.05) is 4.90 Å². The summed E-state index contributed by atoms with van der Waals surface area (Å²) < 4.78 is 2.39. The van der Waals surface area contributed by atoms with Gasteiger partial charge in [-0.05, 0) is 66.1 Å². The predicted molar refractivity (Wildman–Crippen MR) is 167 cm³/mol. The van der Waals surface area contributed by atoms with Crippen LogP contribution in [0.3, 0.4) is 0 Å². The SMILES string of the molecule is CC1(c2ccccc2)c2ccccc2N(c2cccc(-n3c4ccccc4c4ccccc43)c2)c2ccccc21. The summed E-state index contributed by atoms with van der Waals surface area (Å²) in [4.78, 5) is 2.44. The molecule has 2 nitrogen and oxygen atoms in total. The molecule has 0 saturated carbocycles. The van der Waals surface area contributed by atoms with Crippen molar-refractivity contribution in [2.45, 2.75) is 12.3 Å². The third-order valence-electron chi connectivity index (χ3n) is 8.64. The van der Waals surface area contributed by atoms with Crippen LogP contribution in [0.4, 0.5) is 17.1 Å². The average Bonchev–Trinajstić information content (AvgIpc) is 3.36. The third kappa shape index (κ3) is 3.17. The Kier molecular flexibility index (Phi) is 4.99. The van der Waals surface area contributed by atoms with E-state index in [-0.39, 0.29) is 5.41 Å². The lowest BCUT2D eigenvalue weighted by Gasteiger charge is -2.44. The molecule has 190 valence electrons. The Bertz CT molecular complexity index is 1930. The van der Waals surface area contributed by atoms with Crippen LogP contribution < -0.4 is 4.90 Å². The van der Waals surface area contributed by atoms with E-state index in [0.29, 0.717) is 0 Å². The minimum absolute atomic E-state index is 0.268. The van der Waals surface area contributed by atoms with Gasteiger partial charge in [-0.2, -0.15) is 0 Å². The summed E-state index contributed by atoms with van der Waals surface area (Å²) in [6.45, 7) is 2.37. The summed E-state index contributed by atoms with van der Waals surface area (Å²) in [5.41, 5.74) is 10.8. The Balaban J connectivity index is 1.38. The molecular weight excluding hydrogens is 484 g/mol. The van der Waals surface area contributed by atoms with Crippen LogP contribution in [0, 0.1) is 0 Å². The highest BCUT2D eigenvalue weighted by Gasteiger charge is 2.41. The second-order valence-corrected chi connectivity index (χ2v) is 10.8. The third-order valence-corrected chi connectivity index (χ3v) is 8.64. The Labute approximate surface area is 234 Å². The number of para-hydroxylation sites is 4. The summed E-state index contributed by atoms with van der Waals surface area (Å²) >= 11 is 0. The standard InChI is InChI=1S/C38H28N2/c1-38(27-14-3-2-4-15-27)32-20-7-11-24-36(32)40(37-25-12-8-21-33(37)38)29-17-13-16-28(26-29)39-34-22-9-5-18-30(34)31-19-6-10-23-35(31)39/h2-26H,1H3. The van der Waals surface area contributed by atoms with Crippen LogP contribution in [0.2, 0.25) is 0 Å². The maximum atomic E-state index is 2.44. The number of anilines is 3. The van der Waals surface area contributed by atoms with E-state index in [0.717, 1.165) is 11.4 Å². The van der Waals surface area contributed by atoms with Crippen molar-refractivity contribution in [1.82, 2.24) is 4.57 Å². The lowest BCUT2D eigenvalue weighted by molar-refractivity contribution is 0.681. The van der Waals surface area contributed by atoms with Gasteiger partial charge in [-0.3, -0.25) is 0 Å². The molecular formula is C38H28N2.